The van der Waals surface area contributed by atoms with Crippen molar-refractivity contribution in [1.82, 2.24) is 15.2 Å². The normalized spacial score (nSPS) is 10.7. The second-order valence-electron chi connectivity index (χ2n) is 4.42. The number of anilines is 1. The number of aromatic nitrogens is 3. The minimum atomic E-state index is -0.0545. The van der Waals surface area contributed by atoms with E-state index in [-0.39, 0.29) is 5.91 Å². The maximum absolute atomic E-state index is 11.9. The summed E-state index contributed by atoms with van der Waals surface area (Å²) in [4.78, 5) is 17.4. The van der Waals surface area contributed by atoms with E-state index < -0.39 is 0 Å². The number of amides is 1. The summed E-state index contributed by atoms with van der Waals surface area (Å²) in [6.07, 6.45) is 0. The lowest BCUT2D eigenvalue weighted by molar-refractivity contribution is -0.113. The molecule has 9 heteroatoms. The fraction of sp³-hybridized carbons (Fsp3) is 0.143. The van der Waals surface area contributed by atoms with Gasteiger partial charge in [0.15, 0.2) is 8.68 Å². The van der Waals surface area contributed by atoms with Gasteiger partial charge in [-0.05, 0) is 31.2 Å². The lowest BCUT2D eigenvalue weighted by Crippen LogP contribution is -2.13. The van der Waals surface area contributed by atoms with E-state index in [1.165, 1.54) is 23.1 Å². The highest BCUT2D eigenvalue weighted by Gasteiger charge is 2.06. The number of hydrogen-bond donors (Lipinski definition) is 1. The molecule has 0 saturated carbocycles. The van der Waals surface area contributed by atoms with Gasteiger partial charge in [-0.15, -0.1) is 21.5 Å². The Morgan fingerprint density at radius 3 is 2.70 bits per heavy atom. The van der Waals surface area contributed by atoms with Crippen molar-refractivity contribution in [2.24, 2.45) is 0 Å². The summed E-state index contributed by atoms with van der Waals surface area (Å²) in [5, 5.41) is 12.5. The molecule has 1 N–H and O–H groups in total. The van der Waals surface area contributed by atoms with Gasteiger partial charge in [0.1, 0.15) is 5.51 Å². The van der Waals surface area contributed by atoms with Crippen LogP contribution in [0.5, 0.6) is 0 Å². The summed E-state index contributed by atoms with van der Waals surface area (Å²) < 4.78 is 1.82. The van der Waals surface area contributed by atoms with Gasteiger partial charge in [0.05, 0.1) is 5.75 Å². The molecule has 0 saturated heterocycles. The zero-order valence-corrected chi connectivity index (χ0v) is 15.3. The number of carbonyl (C=O) groups excluding carboxylic acids is 1. The standard InChI is InChI=1S/C14H12N4OS4/c1-9-6-20-13(16-9)23-11-4-2-10(3-5-11)17-12(19)7-21-14-18-15-8-22-14/h2-6,8H,7H2,1H3,(H,17,19). The van der Waals surface area contributed by atoms with Crippen molar-refractivity contribution in [1.29, 1.82) is 0 Å². The molecule has 3 rings (SSSR count). The van der Waals surface area contributed by atoms with Gasteiger partial charge >= 0.3 is 0 Å². The van der Waals surface area contributed by atoms with Crippen LogP contribution < -0.4 is 5.32 Å². The quantitative estimate of drug-likeness (QED) is 0.647. The number of benzene rings is 1. The Morgan fingerprint density at radius 2 is 2.04 bits per heavy atom. The molecular formula is C14H12N4OS4. The van der Waals surface area contributed by atoms with Gasteiger partial charge in [-0.1, -0.05) is 34.9 Å². The lowest BCUT2D eigenvalue weighted by Gasteiger charge is -2.05. The molecule has 0 bridgehead atoms. The number of hydrogen-bond acceptors (Lipinski definition) is 8. The summed E-state index contributed by atoms with van der Waals surface area (Å²) in [6.45, 7) is 1.99. The van der Waals surface area contributed by atoms with Crippen LogP contribution in [0.3, 0.4) is 0 Å². The molecule has 2 heterocycles. The minimum Gasteiger partial charge on any atom is -0.325 e. The molecule has 23 heavy (non-hydrogen) atoms. The van der Waals surface area contributed by atoms with Crippen molar-refractivity contribution in [2.45, 2.75) is 20.5 Å². The largest absolute Gasteiger partial charge is 0.325 e. The molecule has 2 aromatic heterocycles. The Bertz CT molecular complexity index is 770. The summed E-state index contributed by atoms with van der Waals surface area (Å²) in [7, 11) is 0. The Morgan fingerprint density at radius 1 is 1.22 bits per heavy atom. The third-order valence-corrected chi connectivity index (χ3v) is 6.53. The molecule has 0 radical (unpaired) electrons. The van der Waals surface area contributed by atoms with E-state index in [0.717, 1.165) is 25.0 Å². The SMILES string of the molecule is Cc1csc(Sc2ccc(NC(=O)CSc3nncs3)cc2)n1. The number of nitrogens with zero attached hydrogens (tertiary/aromatic N) is 3. The van der Waals surface area contributed by atoms with Gasteiger partial charge in [0.2, 0.25) is 5.91 Å². The van der Waals surface area contributed by atoms with Gasteiger partial charge in [0.25, 0.3) is 0 Å². The van der Waals surface area contributed by atoms with Crippen molar-refractivity contribution < 1.29 is 4.79 Å². The van der Waals surface area contributed by atoms with Crippen LogP contribution in [0.4, 0.5) is 5.69 Å². The molecule has 0 aliphatic carbocycles. The number of thioether (sulfide) groups is 1. The molecule has 0 spiro atoms. The van der Waals surface area contributed by atoms with Crippen molar-refractivity contribution >= 4 is 57.8 Å². The first kappa shape index (κ1) is 16.4. The number of thiazole rings is 1. The van der Waals surface area contributed by atoms with Crippen LogP contribution in [0.2, 0.25) is 0 Å². The summed E-state index contributed by atoms with van der Waals surface area (Å²) in [6, 6.07) is 7.76. The number of rotatable bonds is 6. The van der Waals surface area contributed by atoms with Crippen LogP contribution in [-0.4, -0.2) is 26.8 Å². The zero-order valence-electron chi connectivity index (χ0n) is 12.1. The van der Waals surface area contributed by atoms with Crippen molar-refractivity contribution in [2.75, 3.05) is 11.1 Å². The average Bonchev–Trinajstić information content (AvgIpc) is 3.19. The van der Waals surface area contributed by atoms with E-state index in [1.807, 2.05) is 36.6 Å². The summed E-state index contributed by atoms with van der Waals surface area (Å²) in [5.41, 5.74) is 3.47. The molecule has 0 aliphatic rings. The summed E-state index contributed by atoms with van der Waals surface area (Å²) in [5.74, 6) is 0.269. The average molecular weight is 381 g/mol. The maximum Gasteiger partial charge on any atom is 0.234 e. The van der Waals surface area contributed by atoms with Crippen molar-refractivity contribution in [3.05, 3.63) is 40.8 Å². The second kappa shape index (κ2) is 7.91. The molecule has 118 valence electrons. The van der Waals surface area contributed by atoms with E-state index in [1.54, 1.807) is 28.6 Å². The van der Waals surface area contributed by atoms with E-state index >= 15 is 0 Å². The van der Waals surface area contributed by atoms with Crippen molar-refractivity contribution in [3.63, 3.8) is 0 Å². The number of carbonyl (C=O) groups is 1. The molecular weight excluding hydrogens is 368 g/mol. The first-order chi connectivity index (χ1) is 11.2. The van der Waals surface area contributed by atoms with E-state index in [0.29, 0.717) is 5.75 Å². The molecule has 0 aliphatic heterocycles. The zero-order chi connectivity index (χ0) is 16.1. The van der Waals surface area contributed by atoms with Gasteiger partial charge in [0, 0.05) is 21.7 Å². The van der Waals surface area contributed by atoms with Crippen molar-refractivity contribution in [3.8, 4) is 0 Å². The van der Waals surface area contributed by atoms with Gasteiger partial charge in [-0.2, -0.15) is 0 Å². The molecule has 5 nitrogen and oxygen atoms in total. The van der Waals surface area contributed by atoms with Crippen LogP contribution in [-0.2, 0) is 4.79 Å². The Balaban J connectivity index is 1.51. The molecule has 1 aromatic carbocycles. The van der Waals surface area contributed by atoms with Crippen LogP contribution >= 0.6 is 46.2 Å². The Kier molecular flexibility index (Phi) is 5.65. The first-order valence-electron chi connectivity index (χ1n) is 6.58. The lowest BCUT2D eigenvalue weighted by atomic mass is 10.3. The highest BCUT2D eigenvalue weighted by molar-refractivity contribution is 8.01. The van der Waals surface area contributed by atoms with Crippen LogP contribution in [0.1, 0.15) is 5.69 Å². The minimum absolute atomic E-state index is 0.0545. The molecule has 1 amide bonds. The number of aryl methyl sites for hydroxylation is 1. The predicted octanol–water partition coefficient (Wildman–Crippen LogP) is 4.19. The van der Waals surface area contributed by atoms with Crippen LogP contribution in [0.15, 0.2) is 48.7 Å². The molecule has 0 atom stereocenters. The highest BCUT2D eigenvalue weighted by atomic mass is 32.2. The molecule has 0 fully saturated rings. The van der Waals surface area contributed by atoms with Gasteiger partial charge < -0.3 is 5.32 Å². The van der Waals surface area contributed by atoms with E-state index in [4.69, 9.17) is 0 Å². The third kappa shape index (κ3) is 5.03. The van der Waals surface area contributed by atoms with E-state index in [9.17, 15) is 4.79 Å². The molecule has 0 unspecified atom stereocenters. The summed E-state index contributed by atoms with van der Waals surface area (Å²) >= 11 is 6.07. The second-order valence-corrected chi connectivity index (χ2v) is 8.66. The third-order valence-electron chi connectivity index (χ3n) is 2.61. The topological polar surface area (TPSA) is 67.8 Å². The monoisotopic (exact) mass is 380 g/mol. The van der Waals surface area contributed by atoms with Crippen LogP contribution in [0, 0.1) is 6.92 Å². The number of nitrogens with one attached hydrogen (secondary N) is 1. The highest BCUT2D eigenvalue weighted by Crippen LogP contribution is 2.30. The Hall–Kier alpha value is -1.42. The van der Waals surface area contributed by atoms with Gasteiger partial charge in [-0.3, -0.25) is 4.79 Å². The smallest absolute Gasteiger partial charge is 0.234 e. The van der Waals surface area contributed by atoms with Crippen LogP contribution in [0.25, 0.3) is 0 Å². The maximum atomic E-state index is 11.9. The van der Waals surface area contributed by atoms with Gasteiger partial charge in [-0.25, -0.2) is 4.98 Å². The predicted molar refractivity (Wildman–Crippen MR) is 96.7 cm³/mol. The Labute approximate surface area is 150 Å². The fourth-order valence-electron chi connectivity index (χ4n) is 1.64. The fourth-order valence-corrected chi connectivity index (χ4v) is 4.73. The molecule has 3 aromatic rings. The van der Waals surface area contributed by atoms with E-state index in [2.05, 4.69) is 20.5 Å². The first-order valence-corrected chi connectivity index (χ1v) is 10.1.